The second-order valence-corrected chi connectivity index (χ2v) is 9.59. The SMILES string of the molecule is c1p[pH]pc1C1CCCCCCCC1. The molecule has 0 spiro atoms. The van der Waals surface area contributed by atoms with E-state index in [2.05, 4.69) is 5.80 Å². The molecule has 0 aromatic carbocycles. The molecule has 1 aliphatic rings. The van der Waals surface area contributed by atoms with Crippen LogP contribution in [0.25, 0.3) is 0 Å². The quantitative estimate of drug-likeness (QED) is 0.560. The molecule has 1 unspecified atom stereocenters. The molecule has 1 aromatic heterocycles. The maximum absolute atomic E-state index is 2.52. The van der Waals surface area contributed by atoms with Gasteiger partial charge in [-0.25, -0.2) is 0 Å². The summed E-state index contributed by atoms with van der Waals surface area (Å²) in [6, 6.07) is 0. The summed E-state index contributed by atoms with van der Waals surface area (Å²) in [7, 11) is 4.44. The van der Waals surface area contributed by atoms with E-state index in [9.17, 15) is 0 Å². The zero-order valence-electron chi connectivity index (χ0n) is 8.71. The Bertz CT molecular complexity index is 233. The predicted molar refractivity (Wildman–Crippen MR) is 70.6 cm³/mol. The van der Waals surface area contributed by atoms with Gasteiger partial charge in [-0.1, -0.05) is 53.9 Å². The van der Waals surface area contributed by atoms with Gasteiger partial charge in [0.2, 0.25) is 0 Å². The van der Waals surface area contributed by atoms with Gasteiger partial charge in [-0.15, -0.1) is 0 Å². The molecule has 14 heavy (non-hydrogen) atoms. The Labute approximate surface area is 92.0 Å². The van der Waals surface area contributed by atoms with Gasteiger partial charge < -0.3 is 0 Å². The second-order valence-electron chi connectivity index (χ2n) is 4.29. The zero-order valence-corrected chi connectivity index (χ0v) is 11.5. The fourth-order valence-corrected chi connectivity index (χ4v) is 8.34. The second kappa shape index (κ2) is 6.27. The highest BCUT2D eigenvalue weighted by Gasteiger charge is 2.13. The summed E-state index contributed by atoms with van der Waals surface area (Å²) < 4.78 is 0. The predicted octanol–water partition coefficient (Wildman–Crippen LogP) is 6.10. The van der Waals surface area contributed by atoms with Gasteiger partial charge in [-0.2, -0.15) is 0 Å². The minimum Gasteiger partial charge on any atom is -0.0815 e. The Hall–Kier alpha value is 0.640. The third-order valence-corrected chi connectivity index (χ3v) is 8.53. The van der Waals surface area contributed by atoms with Crippen LogP contribution >= 0.6 is 23.3 Å². The molecule has 0 nitrogen and oxygen atoms in total. The molecule has 3 heteroatoms. The van der Waals surface area contributed by atoms with Crippen molar-refractivity contribution in [2.45, 2.75) is 57.3 Å². The molecule has 0 radical (unpaired) electrons. The van der Waals surface area contributed by atoms with Crippen LogP contribution < -0.4 is 0 Å². The molecule has 1 heterocycles. The Morgan fingerprint density at radius 1 is 1.00 bits per heavy atom. The summed E-state index contributed by atoms with van der Waals surface area (Å²) in [5.41, 5.74) is 0. The largest absolute Gasteiger partial charge is 0.0815 e. The smallest absolute Gasteiger partial charge is 0.00866 e. The van der Waals surface area contributed by atoms with E-state index in [1.807, 2.05) is 0 Å². The average molecular weight is 244 g/mol. The molecule has 0 bridgehead atoms. The lowest BCUT2D eigenvalue weighted by Gasteiger charge is -2.13. The zero-order chi connectivity index (χ0) is 9.64. The van der Waals surface area contributed by atoms with Crippen molar-refractivity contribution < 1.29 is 0 Å². The van der Waals surface area contributed by atoms with Gasteiger partial charge in [-0.05, 0) is 37.7 Å². The molecule has 0 aliphatic heterocycles. The van der Waals surface area contributed by atoms with E-state index in [1.54, 1.807) is 21.0 Å². The van der Waals surface area contributed by atoms with Crippen LogP contribution in [0.4, 0.5) is 0 Å². The highest BCUT2D eigenvalue weighted by Crippen LogP contribution is 2.44. The number of hydrogen-bond acceptors (Lipinski definition) is 0. The van der Waals surface area contributed by atoms with Crippen LogP contribution in [0.3, 0.4) is 0 Å². The van der Waals surface area contributed by atoms with E-state index in [0.717, 1.165) is 13.5 Å². The molecule has 1 atom stereocenters. The van der Waals surface area contributed by atoms with Crippen molar-refractivity contribution in [2.75, 3.05) is 0 Å². The van der Waals surface area contributed by atoms with Crippen LogP contribution in [0, 0.1) is 0 Å². The van der Waals surface area contributed by atoms with E-state index >= 15 is 0 Å². The molecule has 0 amide bonds. The molecule has 1 fully saturated rings. The first kappa shape index (κ1) is 11.1. The first-order valence-electron chi connectivity index (χ1n) is 5.82. The molecular weight excluding hydrogens is 225 g/mol. The van der Waals surface area contributed by atoms with Crippen molar-refractivity contribution in [3.63, 3.8) is 0 Å². The molecule has 1 aromatic rings. The number of hydrogen-bond donors (Lipinski definition) is 0. The first-order valence-corrected chi connectivity index (χ1v) is 10.4. The van der Waals surface area contributed by atoms with Crippen LogP contribution in [-0.4, -0.2) is 0 Å². The summed E-state index contributed by atoms with van der Waals surface area (Å²) in [6.45, 7) is 0. The van der Waals surface area contributed by atoms with Crippen molar-refractivity contribution in [3.8, 4) is 0 Å². The number of rotatable bonds is 1. The van der Waals surface area contributed by atoms with Gasteiger partial charge in [-0.3, -0.25) is 0 Å². The lowest BCUT2D eigenvalue weighted by atomic mass is 9.96. The first-order chi connectivity index (χ1) is 6.97. The van der Waals surface area contributed by atoms with E-state index in [-0.39, 0.29) is 0 Å². The summed E-state index contributed by atoms with van der Waals surface area (Å²) in [6.07, 6.45) is 11.9. The Kier molecular flexibility index (Phi) is 4.99. The van der Waals surface area contributed by atoms with Crippen molar-refractivity contribution in [1.29, 1.82) is 0 Å². The van der Waals surface area contributed by atoms with Crippen LogP contribution in [0.2, 0.25) is 0 Å². The normalized spacial score (nSPS) is 22.9. The van der Waals surface area contributed by atoms with Crippen molar-refractivity contribution in [1.82, 2.24) is 0 Å². The van der Waals surface area contributed by atoms with E-state index in [1.165, 1.54) is 51.4 Å². The highest BCUT2D eigenvalue weighted by molar-refractivity contribution is 8.17. The molecule has 1 aliphatic carbocycles. The summed E-state index contributed by atoms with van der Waals surface area (Å²) in [5.74, 6) is 3.49. The fraction of sp³-hybridized carbons (Fsp3) is 0.818. The fourth-order valence-electron chi connectivity index (χ4n) is 2.34. The van der Waals surface area contributed by atoms with Crippen molar-refractivity contribution >= 4 is 23.3 Å². The molecule has 0 saturated heterocycles. The third-order valence-electron chi connectivity index (χ3n) is 3.21. The van der Waals surface area contributed by atoms with Gasteiger partial charge in [0.25, 0.3) is 0 Å². The topological polar surface area (TPSA) is 0 Å². The maximum atomic E-state index is 2.52. The molecule has 78 valence electrons. The van der Waals surface area contributed by atoms with Crippen LogP contribution in [0.1, 0.15) is 62.6 Å². The van der Waals surface area contributed by atoms with Gasteiger partial charge in [0.1, 0.15) is 0 Å². The summed E-state index contributed by atoms with van der Waals surface area (Å²) in [4.78, 5) is 0. The van der Waals surface area contributed by atoms with E-state index in [0.29, 0.717) is 0 Å². The van der Waals surface area contributed by atoms with E-state index < -0.39 is 0 Å². The highest BCUT2D eigenvalue weighted by atomic mass is 32.1. The van der Waals surface area contributed by atoms with Crippen LogP contribution in [0.5, 0.6) is 0 Å². The van der Waals surface area contributed by atoms with Gasteiger partial charge in [0.15, 0.2) is 0 Å². The maximum Gasteiger partial charge on any atom is -0.00866 e. The molecular formula is C11H19P3. The van der Waals surface area contributed by atoms with Crippen LogP contribution in [0.15, 0.2) is 5.80 Å². The lowest BCUT2D eigenvalue weighted by Crippen LogP contribution is -1.95. The molecule has 0 N–H and O–H groups in total. The van der Waals surface area contributed by atoms with Crippen LogP contribution in [-0.2, 0) is 0 Å². The van der Waals surface area contributed by atoms with Gasteiger partial charge in [0.05, 0.1) is 0 Å². The van der Waals surface area contributed by atoms with Gasteiger partial charge in [0, 0.05) is 0 Å². The summed E-state index contributed by atoms with van der Waals surface area (Å²) in [5, 5.41) is 1.80. The summed E-state index contributed by atoms with van der Waals surface area (Å²) >= 11 is 0. The third kappa shape index (κ3) is 3.34. The monoisotopic (exact) mass is 244 g/mol. The average Bonchev–Trinajstić information content (AvgIpc) is 2.75. The Balaban J connectivity index is 1.94. The van der Waals surface area contributed by atoms with Crippen molar-refractivity contribution in [2.24, 2.45) is 0 Å². The Morgan fingerprint density at radius 3 is 2.21 bits per heavy atom. The van der Waals surface area contributed by atoms with Gasteiger partial charge >= 0.3 is 0 Å². The molecule has 2 rings (SSSR count). The van der Waals surface area contributed by atoms with E-state index in [4.69, 9.17) is 0 Å². The minimum atomic E-state index is 0.970. The van der Waals surface area contributed by atoms with Crippen molar-refractivity contribution in [3.05, 3.63) is 11.1 Å². The standard InChI is InChI=1S/C11H19P3/c1-2-4-6-8-10(7-5-3-1)11-9-12-14-13-11/h9-10,14H,1-8H2. The lowest BCUT2D eigenvalue weighted by molar-refractivity contribution is 0.547. The minimum absolute atomic E-state index is 0.970. The Morgan fingerprint density at radius 2 is 1.64 bits per heavy atom. The molecule has 1 saturated carbocycles.